The minimum Gasteiger partial charge on any atom is -0.444 e. The van der Waals surface area contributed by atoms with Crippen molar-refractivity contribution < 1.29 is 22.7 Å². The number of hydrogen-bond donors (Lipinski definition) is 2. The summed E-state index contributed by atoms with van der Waals surface area (Å²) in [6, 6.07) is 11.9. The van der Waals surface area contributed by atoms with Gasteiger partial charge in [-0.05, 0) is 23.8 Å². The highest BCUT2D eigenvalue weighted by Crippen LogP contribution is 2.36. The fourth-order valence-electron chi connectivity index (χ4n) is 1.77. The van der Waals surface area contributed by atoms with Crippen molar-refractivity contribution in [1.29, 1.82) is 0 Å². The molecule has 0 aliphatic heterocycles. The van der Waals surface area contributed by atoms with Crippen LogP contribution in [0.3, 0.4) is 0 Å². The molecule has 0 radical (unpaired) electrons. The maximum atomic E-state index is 12.9. The quantitative estimate of drug-likeness (QED) is 0.841. The Labute approximate surface area is 124 Å². The SMILES string of the molecule is Nc1ccc(NC(=O)OCc2ccccc2)c(C(F)(F)F)c1. The first kappa shape index (κ1) is 15.7. The summed E-state index contributed by atoms with van der Waals surface area (Å²) in [5.41, 5.74) is 4.60. The van der Waals surface area contributed by atoms with E-state index in [4.69, 9.17) is 10.5 Å². The highest BCUT2D eigenvalue weighted by molar-refractivity contribution is 5.86. The van der Waals surface area contributed by atoms with Gasteiger partial charge in [0.05, 0.1) is 11.3 Å². The molecule has 2 aromatic carbocycles. The van der Waals surface area contributed by atoms with E-state index in [-0.39, 0.29) is 12.3 Å². The molecule has 0 spiro atoms. The maximum Gasteiger partial charge on any atom is 0.418 e. The lowest BCUT2D eigenvalue weighted by Gasteiger charge is -2.14. The molecule has 0 aliphatic carbocycles. The fourth-order valence-corrected chi connectivity index (χ4v) is 1.77. The molecule has 0 aliphatic rings. The van der Waals surface area contributed by atoms with Gasteiger partial charge in [0.15, 0.2) is 0 Å². The molecule has 7 heteroatoms. The van der Waals surface area contributed by atoms with E-state index in [0.29, 0.717) is 0 Å². The molecule has 1 amide bonds. The van der Waals surface area contributed by atoms with Crippen LogP contribution in [-0.4, -0.2) is 6.09 Å². The van der Waals surface area contributed by atoms with Crippen LogP contribution in [0.1, 0.15) is 11.1 Å². The number of halogens is 3. The van der Waals surface area contributed by atoms with Crippen LogP contribution < -0.4 is 11.1 Å². The summed E-state index contributed by atoms with van der Waals surface area (Å²) < 4.78 is 43.5. The van der Waals surface area contributed by atoms with E-state index in [0.717, 1.165) is 17.7 Å². The van der Waals surface area contributed by atoms with Gasteiger partial charge in [-0.2, -0.15) is 13.2 Å². The van der Waals surface area contributed by atoms with Crippen molar-refractivity contribution in [3.8, 4) is 0 Å². The Morgan fingerprint density at radius 2 is 1.82 bits per heavy atom. The lowest BCUT2D eigenvalue weighted by molar-refractivity contribution is -0.136. The van der Waals surface area contributed by atoms with Gasteiger partial charge < -0.3 is 10.5 Å². The Hall–Kier alpha value is -2.70. The zero-order chi connectivity index (χ0) is 16.2. The number of ether oxygens (including phenoxy) is 1. The highest BCUT2D eigenvalue weighted by Gasteiger charge is 2.34. The van der Waals surface area contributed by atoms with Crippen LogP contribution in [0.2, 0.25) is 0 Å². The molecule has 4 nitrogen and oxygen atoms in total. The van der Waals surface area contributed by atoms with E-state index in [1.165, 1.54) is 6.07 Å². The Kier molecular flexibility index (Phi) is 4.55. The van der Waals surface area contributed by atoms with Gasteiger partial charge in [-0.25, -0.2) is 4.79 Å². The molecule has 116 valence electrons. The normalized spacial score (nSPS) is 11.0. The summed E-state index contributed by atoms with van der Waals surface area (Å²) in [4.78, 5) is 11.6. The number of carbonyl (C=O) groups excluding carboxylic acids is 1. The Morgan fingerprint density at radius 1 is 1.14 bits per heavy atom. The van der Waals surface area contributed by atoms with Gasteiger partial charge in [0.2, 0.25) is 0 Å². The lowest BCUT2D eigenvalue weighted by Crippen LogP contribution is -2.17. The molecule has 0 saturated heterocycles. The second kappa shape index (κ2) is 6.38. The van der Waals surface area contributed by atoms with Crippen molar-refractivity contribution in [2.45, 2.75) is 12.8 Å². The van der Waals surface area contributed by atoms with E-state index >= 15 is 0 Å². The topological polar surface area (TPSA) is 64.3 Å². The number of nitrogens with one attached hydrogen (secondary N) is 1. The largest absolute Gasteiger partial charge is 0.444 e. The van der Waals surface area contributed by atoms with Gasteiger partial charge in [-0.3, -0.25) is 5.32 Å². The molecular weight excluding hydrogens is 297 g/mol. The molecule has 0 fully saturated rings. The summed E-state index contributed by atoms with van der Waals surface area (Å²) in [7, 11) is 0. The first-order chi connectivity index (χ1) is 10.4. The molecule has 22 heavy (non-hydrogen) atoms. The van der Waals surface area contributed by atoms with Gasteiger partial charge in [0.25, 0.3) is 0 Å². The monoisotopic (exact) mass is 310 g/mol. The van der Waals surface area contributed by atoms with Crippen molar-refractivity contribution >= 4 is 17.5 Å². The standard InChI is InChI=1S/C15H13F3N2O2/c16-15(17,18)12-8-11(19)6-7-13(12)20-14(21)22-9-10-4-2-1-3-5-10/h1-8H,9,19H2,(H,20,21). The third kappa shape index (κ3) is 4.15. The van der Waals surface area contributed by atoms with Crippen LogP contribution in [-0.2, 0) is 17.5 Å². The minimum atomic E-state index is -4.63. The summed E-state index contributed by atoms with van der Waals surface area (Å²) >= 11 is 0. The second-order valence-electron chi connectivity index (χ2n) is 4.49. The number of anilines is 2. The molecule has 0 saturated carbocycles. The smallest absolute Gasteiger partial charge is 0.418 e. The van der Waals surface area contributed by atoms with E-state index < -0.39 is 23.5 Å². The maximum absolute atomic E-state index is 12.9. The van der Waals surface area contributed by atoms with Crippen LogP contribution >= 0.6 is 0 Å². The van der Waals surface area contributed by atoms with E-state index in [1.54, 1.807) is 30.3 Å². The Balaban J connectivity index is 2.06. The van der Waals surface area contributed by atoms with Crippen LogP contribution in [0.15, 0.2) is 48.5 Å². The average molecular weight is 310 g/mol. The average Bonchev–Trinajstić information content (AvgIpc) is 2.47. The van der Waals surface area contributed by atoms with Crippen LogP contribution in [0.4, 0.5) is 29.3 Å². The first-order valence-electron chi connectivity index (χ1n) is 6.30. The van der Waals surface area contributed by atoms with E-state index in [9.17, 15) is 18.0 Å². The predicted molar refractivity (Wildman–Crippen MR) is 76.1 cm³/mol. The van der Waals surface area contributed by atoms with Crippen molar-refractivity contribution in [2.24, 2.45) is 0 Å². The minimum absolute atomic E-state index is 0.0387. The number of nitrogens with two attached hydrogens (primary N) is 1. The summed E-state index contributed by atoms with van der Waals surface area (Å²) in [5.74, 6) is 0. The predicted octanol–water partition coefficient (Wildman–Crippen LogP) is 4.04. The number of carbonyl (C=O) groups is 1. The number of benzene rings is 2. The molecule has 0 unspecified atom stereocenters. The molecule has 2 rings (SSSR count). The summed E-state index contributed by atoms with van der Waals surface area (Å²) in [5, 5.41) is 2.08. The molecular formula is C15H13F3N2O2. The number of amides is 1. The van der Waals surface area contributed by atoms with E-state index in [1.807, 2.05) is 0 Å². The molecule has 2 aromatic rings. The third-order valence-electron chi connectivity index (χ3n) is 2.80. The van der Waals surface area contributed by atoms with Gasteiger partial charge in [0.1, 0.15) is 6.61 Å². The number of rotatable bonds is 3. The van der Waals surface area contributed by atoms with Crippen LogP contribution in [0, 0.1) is 0 Å². The van der Waals surface area contributed by atoms with Crippen LogP contribution in [0.25, 0.3) is 0 Å². The fraction of sp³-hybridized carbons (Fsp3) is 0.133. The van der Waals surface area contributed by atoms with Gasteiger partial charge in [-0.1, -0.05) is 30.3 Å². The molecule has 3 N–H and O–H groups in total. The Bertz CT molecular complexity index is 658. The zero-order valence-corrected chi connectivity index (χ0v) is 11.4. The molecule has 0 bridgehead atoms. The first-order valence-corrected chi connectivity index (χ1v) is 6.30. The van der Waals surface area contributed by atoms with Crippen molar-refractivity contribution in [1.82, 2.24) is 0 Å². The van der Waals surface area contributed by atoms with Gasteiger partial charge in [-0.15, -0.1) is 0 Å². The second-order valence-corrected chi connectivity index (χ2v) is 4.49. The molecule has 0 aromatic heterocycles. The summed E-state index contributed by atoms with van der Waals surface area (Å²) in [6.45, 7) is -0.0387. The molecule has 0 atom stereocenters. The Morgan fingerprint density at radius 3 is 2.45 bits per heavy atom. The van der Waals surface area contributed by atoms with Crippen molar-refractivity contribution in [2.75, 3.05) is 11.1 Å². The third-order valence-corrected chi connectivity index (χ3v) is 2.80. The lowest BCUT2D eigenvalue weighted by atomic mass is 10.1. The number of hydrogen-bond acceptors (Lipinski definition) is 3. The van der Waals surface area contributed by atoms with Crippen molar-refractivity contribution in [3.05, 3.63) is 59.7 Å². The van der Waals surface area contributed by atoms with Gasteiger partial charge in [0, 0.05) is 5.69 Å². The summed E-state index contributed by atoms with van der Waals surface area (Å²) in [6.07, 6.45) is -5.60. The van der Waals surface area contributed by atoms with Crippen LogP contribution in [0.5, 0.6) is 0 Å². The number of nitrogen functional groups attached to an aromatic ring is 1. The van der Waals surface area contributed by atoms with Gasteiger partial charge >= 0.3 is 12.3 Å². The van der Waals surface area contributed by atoms with E-state index in [2.05, 4.69) is 5.32 Å². The zero-order valence-electron chi connectivity index (χ0n) is 11.4. The highest BCUT2D eigenvalue weighted by atomic mass is 19.4. The number of alkyl halides is 3. The van der Waals surface area contributed by atoms with Crippen molar-refractivity contribution in [3.63, 3.8) is 0 Å². The molecule has 0 heterocycles.